The third-order valence-corrected chi connectivity index (χ3v) is 8.03. The highest BCUT2D eigenvalue weighted by atomic mass is 16.5. The summed E-state index contributed by atoms with van der Waals surface area (Å²) in [7, 11) is -1.05. The first-order valence-electron chi connectivity index (χ1n) is 12.7. The Hall–Kier alpha value is -3.00. The molecule has 36 heavy (non-hydrogen) atoms. The van der Waals surface area contributed by atoms with Crippen LogP contribution in [-0.2, 0) is 4.65 Å². The second-order valence-electron chi connectivity index (χ2n) is 10.0. The van der Waals surface area contributed by atoms with Crippen LogP contribution >= 0.6 is 0 Å². The van der Waals surface area contributed by atoms with Gasteiger partial charge in [-0.3, -0.25) is 9.59 Å². The summed E-state index contributed by atoms with van der Waals surface area (Å²) >= 11 is 0. The number of rotatable bonds is 6. The maximum Gasteiger partial charge on any atom is 0.455 e. The van der Waals surface area contributed by atoms with E-state index in [2.05, 4.69) is 6.92 Å². The lowest BCUT2D eigenvalue weighted by atomic mass is 9.54. The minimum absolute atomic E-state index is 0.0587. The Balaban J connectivity index is 1.46. The Morgan fingerprint density at radius 3 is 2.44 bits per heavy atom. The Labute approximate surface area is 211 Å². The molecule has 2 aromatic carbocycles. The second-order valence-corrected chi connectivity index (χ2v) is 10.0. The lowest BCUT2D eigenvalue weighted by molar-refractivity contribution is 0.0590. The average molecular weight is 486 g/mol. The molecule has 0 spiro atoms. The van der Waals surface area contributed by atoms with Crippen LogP contribution < -0.4 is 0 Å². The number of aromatic hydroxyl groups is 1. The molecule has 0 saturated carbocycles. The molecule has 186 valence electrons. The van der Waals surface area contributed by atoms with Crippen LogP contribution in [0.3, 0.4) is 0 Å². The molecular weight excluding hydrogens is 455 g/mol. The topological polar surface area (TPSA) is 104 Å². The van der Waals surface area contributed by atoms with Crippen molar-refractivity contribution in [1.29, 1.82) is 0 Å². The second kappa shape index (κ2) is 10.2. The van der Waals surface area contributed by atoms with Gasteiger partial charge in [-0.05, 0) is 55.1 Å². The molecule has 2 aliphatic carbocycles. The van der Waals surface area contributed by atoms with E-state index in [1.807, 2.05) is 18.2 Å². The van der Waals surface area contributed by atoms with E-state index in [0.717, 1.165) is 28.7 Å². The number of hydrogen-bond donors (Lipinski definition) is 3. The van der Waals surface area contributed by atoms with Crippen molar-refractivity contribution in [2.75, 3.05) is 6.61 Å². The predicted octanol–water partition coefficient (Wildman–Crippen LogP) is 4.47. The van der Waals surface area contributed by atoms with E-state index in [1.54, 1.807) is 36.4 Å². The molecule has 3 aliphatic rings. The van der Waals surface area contributed by atoms with Crippen molar-refractivity contribution in [3.05, 3.63) is 81.9 Å². The standard InChI is InChI=1S/C29H31BO6/c1-2-17(13-18-7-3-6-10-24(18)32)11-12-25-26-19(16-31)14-22-27(23(26)15-30(35)36-25)29(34)21-9-5-4-8-20(21)28(22)33/h3-10,13,22-23,25,27,31-32,35H,2,11-12,14-16H2,1H3/b17-13+/t22-,23+,25-,27-/m1/s1. The molecule has 0 bridgehead atoms. The lowest BCUT2D eigenvalue weighted by Gasteiger charge is -2.47. The molecule has 1 heterocycles. The van der Waals surface area contributed by atoms with Crippen molar-refractivity contribution in [3.63, 3.8) is 0 Å². The van der Waals surface area contributed by atoms with Crippen molar-refractivity contribution in [1.82, 2.24) is 0 Å². The molecule has 3 N–H and O–H groups in total. The summed E-state index contributed by atoms with van der Waals surface area (Å²) in [5, 5.41) is 31.1. The van der Waals surface area contributed by atoms with Gasteiger partial charge in [0.1, 0.15) is 5.75 Å². The zero-order valence-corrected chi connectivity index (χ0v) is 20.4. The minimum atomic E-state index is -1.05. The fourth-order valence-electron chi connectivity index (χ4n) is 6.31. The molecule has 5 rings (SSSR count). The number of ketones is 2. The number of aliphatic hydroxyl groups is 1. The van der Waals surface area contributed by atoms with E-state index < -0.39 is 25.1 Å². The Kier molecular flexibility index (Phi) is 6.97. The number of para-hydroxylation sites is 1. The van der Waals surface area contributed by atoms with Crippen molar-refractivity contribution < 1.29 is 29.5 Å². The number of benzene rings is 2. The van der Waals surface area contributed by atoms with Gasteiger partial charge in [0.2, 0.25) is 0 Å². The number of fused-ring (bicyclic) bond motifs is 4. The zero-order chi connectivity index (χ0) is 25.4. The number of carbonyl (C=O) groups excluding carboxylic acids is 2. The SMILES string of the molecule is CC/C(=C\c1ccccc1O)CC[C@H]1OB(O)C[C@H]2C1=C(CO)C[C@H]1C(=O)c3ccccc3C(=O)[C@H]12. The fraction of sp³-hybridized carbons (Fsp3) is 0.379. The molecule has 1 fully saturated rings. The number of hydrogen-bond acceptors (Lipinski definition) is 6. The van der Waals surface area contributed by atoms with Crippen molar-refractivity contribution in [3.8, 4) is 5.75 Å². The van der Waals surface area contributed by atoms with Crippen LogP contribution in [0, 0.1) is 17.8 Å². The predicted molar refractivity (Wildman–Crippen MR) is 138 cm³/mol. The number of phenolic OH excluding ortho intramolecular Hbond substituents is 1. The first-order chi connectivity index (χ1) is 17.4. The molecule has 0 unspecified atom stereocenters. The number of carbonyl (C=O) groups is 2. The van der Waals surface area contributed by atoms with Crippen LogP contribution in [-0.4, -0.2) is 46.6 Å². The summed E-state index contributed by atoms with van der Waals surface area (Å²) in [6, 6.07) is 14.1. The Morgan fingerprint density at radius 1 is 1.06 bits per heavy atom. The molecular formula is C29H31BO6. The third kappa shape index (κ3) is 4.36. The molecule has 0 amide bonds. The summed E-state index contributed by atoms with van der Waals surface area (Å²) in [6.45, 7) is 1.85. The Morgan fingerprint density at radius 2 is 1.75 bits per heavy atom. The van der Waals surface area contributed by atoms with Gasteiger partial charge in [0.05, 0.1) is 12.7 Å². The van der Waals surface area contributed by atoms with Gasteiger partial charge in [-0.2, -0.15) is 0 Å². The first kappa shape index (κ1) is 24.7. The van der Waals surface area contributed by atoms with E-state index in [1.165, 1.54) is 0 Å². The maximum atomic E-state index is 13.6. The van der Waals surface area contributed by atoms with Gasteiger partial charge in [0.25, 0.3) is 0 Å². The molecule has 2 aromatic rings. The van der Waals surface area contributed by atoms with E-state index in [0.29, 0.717) is 30.4 Å². The molecule has 0 aromatic heterocycles. The third-order valence-electron chi connectivity index (χ3n) is 8.03. The number of aliphatic hydroxyl groups excluding tert-OH is 1. The average Bonchev–Trinajstić information content (AvgIpc) is 2.89. The van der Waals surface area contributed by atoms with E-state index in [9.17, 15) is 24.8 Å². The van der Waals surface area contributed by atoms with Crippen molar-refractivity contribution in [2.24, 2.45) is 17.8 Å². The van der Waals surface area contributed by atoms with E-state index in [-0.39, 0.29) is 36.2 Å². The smallest absolute Gasteiger partial charge is 0.455 e. The Bertz CT molecular complexity index is 1250. The molecule has 1 aliphatic heterocycles. The van der Waals surface area contributed by atoms with Crippen LogP contribution in [0.25, 0.3) is 6.08 Å². The van der Waals surface area contributed by atoms with Gasteiger partial charge in [0, 0.05) is 28.5 Å². The van der Waals surface area contributed by atoms with Crippen molar-refractivity contribution >= 4 is 24.8 Å². The van der Waals surface area contributed by atoms with Gasteiger partial charge < -0.3 is 19.9 Å². The number of phenols is 1. The summed E-state index contributed by atoms with van der Waals surface area (Å²) < 4.78 is 5.98. The van der Waals surface area contributed by atoms with Crippen molar-refractivity contribution in [2.45, 2.75) is 45.0 Å². The van der Waals surface area contributed by atoms with E-state index in [4.69, 9.17) is 4.65 Å². The van der Waals surface area contributed by atoms with Crippen LogP contribution in [0.15, 0.2) is 65.3 Å². The summed E-state index contributed by atoms with van der Waals surface area (Å²) in [4.78, 5) is 27.0. The lowest BCUT2D eigenvalue weighted by Crippen LogP contribution is -2.51. The van der Waals surface area contributed by atoms with Crippen LogP contribution in [0.5, 0.6) is 5.75 Å². The van der Waals surface area contributed by atoms with E-state index >= 15 is 0 Å². The molecule has 6 nitrogen and oxygen atoms in total. The van der Waals surface area contributed by atoms with Gasteiger partial charge in [-0.25, -0.2) is 0 Å². The van der Waals surface area contributed by atoms with Gasteiger partial charge in [-0.1, -0.05) is 61.0 Å². The van der Waals surface area contributed by atoms with Crippen LogP contribution in [0.2, 0.25) is 6.32 Å². The monoisotopic (exact) mass is 486 g/mol. The molecule has 0 radical (unpaired) electrons. The van der Waals surface area contributed by atoms with Gasteiger partial charge in [0.15, 0.2) is 11.6 Å². The van der Waals surface area contributed by atoms with Crippen LogP contribution in [0.1, 0.15) is 58.9 Å². The minimum Gasteiger partial charge on any atom is -0.507 e. The highest BCUT2D eigenvalue weighted by Crippen LogP contribution is 2.50. The number of Topliss-reactive ketones (excluding diaryl/α,β-unsaturated/α-hetero) is 2. The normalized spacial score (nSPS) is 26.0. The first-order valence-corrected chi connectivity index (χ1v) is 12.7. The highest BCUT2D eigenvalue weighted by Gasteiger charge is 2.53. The fourth-order valence-corrected chi connectivity index (χ4v) is 6.31. The molecule has 4 atom stereocenters. The quantitative estimate of drug-likeness (QED) is 0.411. The molecule has 7 heteroatoms. The van der Waals surface area contributed by atoms with Crippen LogP contribution in [0.4, 0.5) is 0 Å². The zero-order valence-electron chi connectivity index (χ0n) is 20.4. The summed E-state index contributed by atoms with van der Waals surface area (Å²) in [5.74, 6) is -1.33. The van der Waals surface area contributed by atoms with Gasteiger partial charge in [-0.15, -0.1) is 0 Å². The maximum absolute atomic E-state index is 13.6. The summed E-state index contributed by atoms with van der Waals surface area (Å²) in [6.07, 6.45) is 4.10. The summed E-state index contributed by atoms with van der Waals surface area (Å²) in [5.41, 5.74) is 4.40. The van der Waals surface area contributed by atoms with Gasteiger partial charge >= 0.3 is 7.12 Å². The number of allylic oxidation sites excluding steroid dienone is 1. The largest absolute Gasteiger partial charge is 0.507 e. The molecule has 1 saturated heterocycles. The highest BCUT2D eigenvalue weighted by molar-refractivity contribution is 6.43.